The van der Waals surface area contributed by atoms with Crippen LogP contribution >= 0.6 is 46.1 Å². The summed E-state index contributed by atoms with van der Waals surface area (Å²) >= 11 is 20.3. The largest absolute Gasteiger partial charge is 0.461 e. The highest BCUT2D eigenvalue weighted by Gasteiger charge is 2.40. The second-order valence-electron chi connectivity index (χ2n) is 10.2. The van der Waals surface area contributed by atoms with Gasteiger partial charge in [0, 0.05) is 20.3 Å². The molecule has 2 heterocycles. The van der Waals surface area contributed by atoms with E-state index < -0.39 is 17.5 Å². The average molecular weight is 592 g/mol. The Hall–Kier alpha value is -0.900. The van der Waals surface area contributed by atoms with Gasteiger partial charge in [0.25, 0.3) is 0 Å². The van der Waals surface area contributed by atoms with Crippen molar-refractivity contribution >= 4 is 52.1 Å². The standard InChI is InChI=1S/C27H33Cl3O6S/c28-18-8-17(9-19(29)10-18)4-6-22-21(23(30)11-24(22)32)3-1-2-20-5-7-25(37-20)26(33)36-15-27(12-31)13-34-16-35-14-27/h5,7-10,21-24,31-32H,1-4,6,11-16H2. The number of aliphatic hydroxyl groups is 2. The SMILES string of the molecule is O=C(OCC1(CO)COCOC1)c1ccc(CCCC2C(Cl)CC(O)C2CCc2cc(Cl)cc(Cl)c2)s1. The molecule has 6 nitrogen and oxygen atoms in total. The van der Waals surface area contributed by atoms with Crippen LogP contribution in [0, 0.1) is 17.3 Å². The number of carbonyl (C=O) groups excluding carboxylic acids is 1. The number of carbonyl (C=O) groups is 1. The smallest absolute Gasteiger partial charge is 0.348 e. The van der Waals surface area contributed by atoms with Crippen molar-refractivity contribution in [1.82, 2.24) is 0 Å². The Morgan fingerprint density at radius 1 is 1.08 bits per heavy atom. The van der Waals surface area contributed by atoms with Crippen LogP contribution in [-0.2, 0) is 27.1 Å². The summed E-state index contributed by atoms with van der Waals surface area (Å²) in [5, 5.41) is 21.5. The molecule has 10 heteroatoms. The predicted molar refractivity (Wildman–Crippen MR) is 146 cm³/mol. The summed E-state index contributed by atoms with van der Waals surface area (Å²) in [6.07, 6.45) is 4.45. The summed E-state index contributed by atoms with van der Waals surface area (Å²) < 4.78 is 16.0. The number of thiophene rings is 1. The van der Waals surface area contributed by atoms with Crippen LogP contribution in [0.4, 0.5) is 0 Å². The second-order valence-corrected chi connectivity index (χ2v) is 12.8. The van der Waals surface area contributed by atoms with Gasteiger partial charge in [-0.2, -0.15) is 0 Å². The minimum Gasteiger partial charge on any atom is -0.461 e. The lowest BCUT2D eigenvalue weighted by atomic mass is 9.85. The lowest BCUT2D eigenvalue weighted by Crippen LogP contribution is -2.44. The van der Waals surface area contributed by atoms with Crippen LogP contribution in [0.1, 0.15) is 45.8 Å². The molecule has 0 radical (unpaired) electrons. The van der Waals surface area contributed by atoms with Gasteiger partial charge in [0.2, 0.25) is 0 Å². The summed E-state index contributed by atoms with van der Waals surface area (Å²) in [4.78, 5) is 14.2. The summed E-state index contributed by atoms with van der Waals surface area (Å²) in [6, 6.07) is 9.29. The first-order valence-corrected chi connectivity index (χ1v) is 14.6. The molecule has 1 aromatic heterocycles. The zero-order valence-corrected chi connectivity index (χ0v) is 23.6. The molecule has 2 aliphatic rings. The molecule has 4 rings (SSSR count). The van der Waals surface area contributed by atoms with Crippen molar-refractivity contribution in [2.45, 2.75) is 50.0 Å². The number of hydrogen-bond donors (Lipinski definition) is 2. The van der Waals surface area contributed by atoms with E-state index in [-0.39, 0.29) is 50.4 Å². The molecule has 4 unspecified atom stereocenters. The van der Waals surface area contributed by atoms with Crippen molar-refractivity contribution in [3.05, 3.63) is 55.7 Å². The Labute approximate surface area is 236 Å². The number of benzene rings is 1. The molecule has 1 aromatic carbocycles. The normalized spacial score (nSPS) is 25.3. The first-order chi connectivity index (χ1) is 17.8. The van der Waals surface area contributed by atoms with Gasteiger partial charge in [-0.25, -0.2) is 4.79 Å². The van der Waals surface area contributed by atoms with Crippen molar-refractivity contribution < 1.29 is 29.2 Å². The van der Waals surface area contributed by atoms with Crippen molar-refractivity contribution in [3.63, 3.8) is 0 Å². The minimum atomic E-state index is -0.715. The van der Waals surface area contributed by atoms with Gasteiger partial charge in [0.15, 0.2) is 0 Å². The van der Waals surface area contributed by atoms with Gasteiger partial charge in [-0.05, 0) is 86.3 Å². The molecular weight excluding hydrogens is 559 g/mol. The van der Waals surface area contributed by atoms with Crippen molar-refractivity contribution in [3.8, 4) is 0 Å². The Morgan fingerprint density at radius 2 is 1.81 bits per heavy atom. The molecule has 0 bridgehead atoms. The number of aliphatic hydroxyl groups excluding tert-OH is 2. The van der Waals surface area contributed by atoms with E-state index in [9.17, 15) is 15.0 Å². The van der Waals surface area contributed by atoms with Gasteiger partial charge >= 0.3 is 5.97 Å². The summed E-state index contributed by atoms with van der Waals surface area (Å²) in [5.41, 5.74) is 0.348. The van der Waals surface area contributed by atoms with Crippen molar-refractivity contribution in [2.75, 3.05) is 33.2 Å². The average Bonchev–Trinajstić information content (AvgIpc) is 3.45. The van der Waals surface area contributed by atoms with Gasteiger partial charge in [0.1, 0.15) is 18.3 Å². The monoisotopic (exact) mass is 590 g/mol. The maximum Gasteiger partial charge on any atom is 0.348 e. The zero-order valence-electron chi connectivity index (χ0n) is 20.5. The molecule has 1 aliphatic heterocycles. The lowest BCUT2D eigenvalue weighted by Gasteiger charge is -2.34. The number of aryl methyl sites for hydroxylation is 2. The third kappa shape index (κ3) is 7.83. The Bertz CT molecular complexity index is 1020. The van der Waals surface area contributed by atoms with E-state index in [1.165, 1.54) is 11.3 Å². The number of halogens is 3. The van der Waals surface area contributed by atoms with Crippen LogP contribution in [0.2, 0.25) is 10.0 Å². The van der Waals surface area contributed by atoms with E-state index in [0.29, 0.717) is 21.3 Å². The van der Waals surface area contributed by atoms with Crippen LogP contribution < -0.4 is 0 Å². The number of esters is 1. The first kappa shape index (κ1) is 29.1. The number of alkyl halides is 1. The van der Waals surface area contributed by atoms with Gasteiger partial charge in [-0.15, -0.1) is 22.9 Å². The molecule has 2 N–H and O–H groups in total. The number of hydrogen-bond acceptors (Lipinski definition) is 7. The van der Waals surface area contributed by atoms with Crippen LogP contribution in [0.15, 0.2) is 30.3 Å². The fourth-order valence-electron chi connectivity index (χ4n) is 5.28. The fraction of sp³-hybridized carbons (Fsp3) is 0.593. The highest BCUT2D eigenvalue weighted by Crippen LogP contribution is 2.42. The zero-order chi connectivity index (χ0) is 26.4. The van der Waals surface area contributed by atoms with Crippen molar-refractivity contribution in [1.29, 1.82) is 0 Å². The second kappa shape index (κ2) is 13.4. The summed E-state index contributed by atoms with van der Waals surface area (Å²) in [7, 11) is 0. The molecule has 204 valence electrons. The van der Waals surface area contributed by atoms with E-state index in [1.807, 2.05) is 18.2 Å². The molecule has 2 fully saturated rings. The maximum atomic E-state index is 12.6. The Balaban J connectivity index is 1.25. The van der Waals surface area contributed by atoms with Gasteiger partial charge in [-0.3, -0.25) is 0 Å². The van der Waals surface area contributed by atoms with Crippen LogP contribution in [0.5, 0.6) is 0 Å². The molecule has 37 heavy (non-hydrogen) atoms. The highest BCUT2D eigenvalue weighted by atomic mass is 35.5. The quantitative estimate of drug-likeness (QED) is 0.256. The van der Waals surface area contributed by atoms with Crippen LogP contribution in [-0.4, -0.2) is 60.9 Å². The molecule has 0 spiro atoms. The number of ether oxygens (including phenoxy) is 3. The molecular formula is C27H33Cl3O6S. The van der Waals surface area contributed by atoms with Gasteiger partial charge < -0.3 is 24.4 Å². The third-order valence-electron chi connectivity index (χ3n) is 7.32. The molecule has 1 aliphatic carbocycles. The molecule has 1 saturated heterocycles. The Kier molecular flexibility index (Phi) is 10.6. The third-order valence-corrected chi connectivity index (χ3v) is 9.38. The molecule has 4 atom stereocenters. The predicted octanol–water partition coefficient (Wildman–Crippen LogP) is 5.75. The highest BCUT2D eigenvalue weighted by molar-refractivity contribution is 7.13. The van der Waals surface area contributed by atoms with Gasteiger partial charge in [-0.1, -0.05) is 23.2 Å². The summed E-state index contributed by atoms with van der Waals surface area (Å²) in [6.45, 7) is 0.627. The summed E-state index contributed by atoms with van der Waals surface area (Å²) in [5.74, 6) is -0.0541. The van der Waals surface area contributed by atoms with E-state index in [2.05, 4.69) is 0 Å². The topological polar surface area (TPSA) is 85.2 Å². The van der Waals surface area contributed by atoms with E-state index in [0.717, 1.165) is 42.5 Å². The van der Waals surface area contributed by atoms with Crippen LogP contribution in [0.25, 0.3) is 0 Å². The van der Waals surface area contributed by atoms with Gasteiger partial charge in [0.05, 0.1) is 31.3 Å². The molecule has 2 aromatic rings. The van der Waals surface area contributed by atoms with Crippen molar-refractivity contribution in [2.24, 2.45) is 17.3 Å². The fourth-order valence-corrected chi connectivity index (χ4v) is 7.29. The maximum absolute atomic E-state index is 12.6. The first-order valence-electron chi connectivity index (χ1n) is 12.6. The number of rotatable bonds is 11. The minimum absolute atomic E-state index is 0.0411. The van der Waals surface area contributed by atoms with E-state index >= 15 is 0 Å². The van der Waals surface area contributed by atoms with E-state index in [4.69, 9.17) is 49.0 Å². The Morgan fingerprint density at radius 3 is 2.51 bits per heavy atom. The van der Waals surface area contributed by atoms with E-state index in [1.54, 1.807) is 12.1 Å². The molecule has 0 amide bonds. The lowest BCUT2D eigenvalue weighted by molar-refractivity contribution is -0.187. The van der Waals surface area contributed by atoms with Crippen LogP contribution in [0.3, 0.4) is 0 Å². The molecule has 1 saturated carbocycles.